The molecule has 1 aliphatic rings. The molecule has 0 unspecified atom stereocenters. The highest BCUT2D eigenvalue weighted by Crippen LogP contribution is 2.25. The van der Waals surface area contributed by atoms with Gasteiger partial charge in [0.05, 0.1) is 25.6 Å². The van der Waals surface area contributed by atoms with Gasteiger partial charge in [-0.15, -0.1) is 11.3 Å². The molecule has 7 nitrogen and oxygen atoms in total. The van der Waals surface area contributed by atoms with Crippen LogP contribution in [0.15, 0.2) is 35.7 Å². The molecule has 1 N–H and O–H groups in total. The summed E-state index contributed by atoms with van der Waals surface area (Å²) < 4.78 is 10.4. The van der Waals surface area contributed by atoms with Gasteiger partial charge in [-0.1, -0.05) is 6.07 Å². The van der Waals surface area contributed by atoms with Crippen molar-refractivity contribution in [3.05, 3.63) is 40.6 Å². The largest absolute Gasteiger partial charge is 0.497 e. The van der Waals surface area contributed by atoms with Crippen LogP contribution in [0.1, 0.15) is 9.67 Å². The first kappa shape index (κ1) is 19.2. The molecule has 0 bridgehead atoms. The van der Waals surface area contributed by atoms with Gasteiger partial charge in [0, 0.05) is 50.1 Å². The summed E-state index contributed by atoms with van der Waals surface area (Å²) >= 11 is 1.45. The van der Waals surface area contributed by atoms with Crippen molar-refractivity contribution in [2.75, 3.05) is 52.3 Å². The molecular weight excluding hydrogens is 366 g/mol. The summed E-state index contributed by atoms with van der Waals surface area (Å²) in [5, 5.41) is 4.78. The molecule has 8 heteroatoms. The van der Waals surface area contributed by atoms with Gasteiger partial charge in [-0.2, -0.15) is 0 Å². The summed E-state index contributed by atoms with van der Waals surface area (Å²) in [7, 11) is 3.13. The maximum Gasteiger partial charge on any atom is 0.264 e. The molecule has 0 spiro atoms. The third-order valence-corrected chi connectivity index (χ3v) is 5.25. The molecule has 0 aliphatic carbocycles. The first-order valence-corrected chi connectivity index (χ1v) is 9.55. The van der Waals surface area contributed by atoms with Crippen molar-refractivity contribution >= 4 is 28.8 Å². The van der Waals surface area contributed by atoms with Gasteiger partial charge < -0.3 is 19.7 Å². The summed E-state index contributed by atoms with van der Waals surface area (Å²) in [6.45, 7) is 2.87. The van der Waals surface area contributed by atoms with Crippen molar-refractivity contribution in [3.63, 3.8) is 0 Å². The molecule has 1 aromatic heterocycles. The van der Waals surface area contributed by atoms with Crippen LogP contribution in [-0.4, -0.2) is 68.6 Å². The Labute approximate surface area is 162 Å². The van der Waals surface area contributed by atoms with Crippen molar-refractivity contribution in [2.45, 2.75) is 0 Å². The number of hydrogen-bond acceptors (Lipinski definition) is 6. The Morgan fingerprint density at radius 3 is 2.30 bits per heavy atom. The second-order valence-electron chi connectivity index (χ2n) is 6.20. The number of thiophene rings is 1. The average molecular weight is 389 g/mol. The van der Waals surface area contributed by atoms with Gasteiger partial charge in [0.15, 0.2) is 0 Å². The fourth-order valence-electron chi connectivity index (χ4n) is 2.95. The molecule has 27 heavy (non-hydrogen) atoms. The van der Waals surface area contributed by atoms with Crippen molar-refractivity contribution in [1.82, 2.24) is 9.80 Å². The molecule has 0 radical (unpaired) electrons. The van der Waals surface area contributed by atoms with E-state index in [-0.39, 0.29) is 18.4 Å². The van der Waals surface area contributed by atoms with E-state index in [1.54, 1.807) is 32.4 Å². The van der Waals surface area contributed by atoms with Crippen LogP contribution in [0.5, 0.6) is 11.5 Å². The number of anilines is 1. The number of amides is 2. The number of carbonyl (C=O) groups excluding carboxylic acids is 2. The van der Waals surface area contributed by atoms with Gasteiger partial charge in [-0.05, 0) is 11.4 Å². The van der Waals surface area contributed by atoms with Gasteiger partial charge in [0.2, 0.25) is 5.91 Å². The highest BCUT2D eigenvalue weighted by Gasteiger charge is 2.23. The minimum Gasteiger partial charge on any atom is -0.497 e. The zero-order valence-corrected chi connectivity index (χ0v) is 16.3. The van der Waals surface area contributed by atoms with E-state index in [0.29, 0.717) is 43.4 Å². The standard InChI is InChI=1S/C19H23N3O4S/c1-25-15-10-14(11-16(12-15)26-2)20-18(23)13-21-5-7-22(8-6-21)19(24)17-4-3-9-27-17/h3-4,9-12H,5-8,13H2,1-2H3,(H,20,23). The number of benzene rings is 1. The Morgan fingerprint density at radius 2 is 1.74 bits per heavy atom. The van der Waals surface area contributed by atoms with E-state index in [4.69, 9.17) is 9.47 Å². The summed E-state index contributed by atoms with van der Waals surface area (Å²) in [6, 6.07) is 8.97. The number of nitrogens with zero attached hydrogens (tertiary/aromatic N) is 2. The van der Waals surface area contributed by atoms with Gasteiger partial charge in [-0.3, -0.25) is 14.5 Å². The smallest absolute Gasteiger partial charge is 0.264 e. The lowest BCUT2D eigenvalue weighted by Gasteiger charge is -2.34. The zero-order valence-electron chi connectivity index (χ0n) is 15.4. The second kappa shape index (κ2) is 8.88. The third-order valence-electron chi connectivity index (χ3n) is 4.39. The Morgan fingerprint density at radius 1 is 1.07 bits per heavy atom. The quantitative estimate of drug-likeness (QED) is 0.820. The Hall–Kier alpha value is -2.58. The molecule has 2 aromatic rings. The molecule has 0 atom stereocenters. The van der Waals surface area contributed by atoms with E-state index >= 15 is 0 Å². The summed E-state index contributed by atoms with van der Waals surface area (Å²) in [4.78, 5) is 29.4. The maximum absolute atomic E-state index is 12.4. The topological polar surface area (TPSA) is 71.1 Å². The van der Waals surface area contributed by atoms with Gasteiger partial charge >= 0.3 is 0 Å². The number of methoxy groups -OCH3 is 2. The van der Waals surface area contributed by atoms with Crippen LogP contribution < -0.4 is 14.8 Å². The van der Waals surface area contributed by atoms with Crippen molar-refractivity contribution in [1.29, 1.82) is 0 Å². The van der Waals surface area contributed by atoms with E-state index in [1.165, 1.54) is 11.3 Å². The summed E-state index contributed by atoms with van der Waals surface area (Å²) in [5.74, 6) is 1.19. The molecule has 1 aliphatic heterocycles. The minimum atomic E-state index is -0.108. The molecular formula is C19H23N3O4S. The van der Waals surface area contributed by atoms with Crippen molar-refractivity contribution < 1.29 is 19.1 Å². The van der Waals surface area contributed by atoms with E-state index in [2.05, 4.69) is 5.32 Å². The minimum absolute atomic E-state index is 0.0672. The second-order valence-corrected chi connectivity index (χ2v) is 7.14. The first-order valence-electron chi connectivity index (χ1n) is 8.67. The van der Waals surface area contributed by atoms with Crippen LogP contribution in [0.4, 0.5) is 5.69 Å². The summed E-state index contributed by atoms with van der Waals surface area (Å²) in [6.07, 6.45) is 0. The number of piperazine rings is 1. The monoisotopic (exact) mass is 389 g/mol. The molecule has 1 aromatic carbocycles. The van der Waals surface area contributed by atoms with Crippen LogP contribution >= 0.6 is 11.3 Å². The normalized spacial score (nSPS) is 14.7. The Kier molecular flexibility index (Phi) is 6.31. The number of ether oxygens (including phenoxy) is 2. The van der Waals surface area contributed by atoms with E-state index in [9.17, 15) is 9.59 Å². The first-order chi connectivity index (χ1) is 13.1. The predicted octanol–water partition coefficient (Wildman–Crippen LogP) is 2.16. The van der Waals surface area contributed by atoms with Crippen molar-refractivity contribution in [2.24, 2.45) is 0 Å². The van der Waals surface area contributed by atoms with Gasteiger partial charge in [0.25, 0.3) is 5.91 Å². The third kappa shape index (κ3) is 4.99. The van der Waals surface area contributed by atoms with Crippen LogP contribution in [0, 0.1) is 0 Å². The highest BCUT2D eigenvalue weighted by molar-refractivity contribution is 7.12. The molecule has 3 rings (SSSR count). The lowest BCUT2D eigenvalue weighted by molar-refractivity contribution is -0.117. The van der Waals surface area contributed by atoms with Gasteiger partial charge in [-0.25, -0.2) is 0 Å². The zero-order chi connectivity index (χ0) is 19.2. The van der Waals surface area contributed by atoms with Crippen molar-refractivity contribution in [3.8, 4) is 11.5 Å². The van der Waals surface area contributed by atoms with Gasteiger partial charge in [0.1, 0.15) is 11.5 Å². The maximum atomic E-state index is 12.4. The highest BCUT2D eigenvalue weighted by atomic mass is 32.1. The lowest BCUT2D eigenvalue weighted by atomic mass is 10.2. The van der Waals surface area contributed by atoms with Crippen LogP contribution in [0.3, 0.4) is 0 Å². The number of carbonyl (C=O) groups is 2. The number of rotatable bonds is 6. The van der Waals surface area contributed by atoms with Crippen LogP contribution in [0.25, 0.3) is 0 Å². The molecule has 2 heterocycles. The number of hydrogen-bond donors (Lipinski definition) is 1. The lowest BCUT2D eigenvalue weighted by Crippen LogP contribution is -2.50. The van der Waals surface area contributed by atoms with Crippen LogP contribution in [-0.2, 0) is 4.79 Å². The molecule has 144 valence electrons. The molecule has 2 amide bonds. The number of nitrogens with one attached hydrogen (secondary N) is 1. The Balaban J connectivity index is 1.50. The predicted molar refractivity (Wildman–Crippen MR) is 105 cm³/mol. The molecule has 0 saturated carbocycles. The molecule has 1 fully saturated rings. The van der Waals surface area contributed by atoms with E-state index in [0.717, 1.165) is 4.88 Å². The molecule has 1 saturated heterocycles. The fourth-order valence-corrected chi connectivity index (χ4v) is 3.64. The fraction of sp³-hybridized carbons (Fsp3) is 0.368. The SMILES string of the molecule is COc1cc(NC(=O)CN2CCN(C(=O)c3cccs3)CC2)cc(OC)c1. The van der Waals surface area contributed by atoms with E-state index < -0.39 is 0 Å². The van der Waals surface area contributed by atoms with Crippen LogP contribution in [0.2, 0.25) is 0 Å². The van der Waals surface area contributed by atoms with E-state index in [1.807, 2.05) is 27.3 Å². The Bertz CT molecular complexity index is 764. The summed E-state index contributed by atoms with van der Waals surface area (Å²) in [5.41, 5.74) is 0.628. The average Bonchev–Trinajstić information content (AvgIpc) is 3.22.